The van der Waals surface area contributed by atoms with Crippen LogP contribution in [-0.4, -0.2) is 73.1 Å². The SMILES string of the molecule is CNC(=O)CCCOc1cccc2c1[C@@H](CN1C(=O)c3ccccc3C1=O)N(C(=O)C1CCCC[C@H]1C(=O)NC)CC2. The van der Waals surface area contributed by atoms with E-state index in [2.05, 4.69) is 10.6 Å². The van der Waals surface area contributed by atoms with E-state index in [1.807, 2.05) is 18.2 Å². The number of rotatable bonds is 9. The zero-order valence-corrected chi connectivity index (χ0v) is 24.2. The van der Waals surface area contributed by atoms with E-state index in [9.17, 15) is 24.0 Å². The van der Waals surface area contributed by atoms with Gasteiger partial charge in [-0.15, -0.1) is 0 Å². The molecule has 42 heavy (non-hydrogen) atoms. The highest BCUT2D eigenvalue weighted by Crippen LogP contribution is 2.41. The Morgan fingerprint density at radius 1 is 0.905 bits per heavy atom. The van der Waals surface area contributed by atoms with Crippen LogP contribution in [0.5, 0.6) is 5.75 Å². The first-order valence-electron chi connectivity index (χ1n) is 14.8. The van der Waals surface area contributed by atoms with Crippen LogP contribution in [0, 0.1) is 11.8 Å². The lowest BCUT2D eigenvalue weighted by Gasteiger charge is -2.42. The molecular formula is C32H38N4O6. The number of carbonyl (C=O) groups is 5. The van der Waals surface area contributed by atoms with Crippen molar-refractivity contribution in [2.24, 2.45) is 11.8 Å². The van der Waals surface area contributed by atoms with Crippen molar-refractivity contribution in [3.63, 3.8) is 0 Å². The first-order valence-corrected chi connectivity index (χ1v) is 14.8. The average molecular weight is 575 g/mol. The minimum Gasteiger partial charge on any atom is -0.493 e. The van der Waals surface area contributed by atoms with E-state index in [0.29, 0.717) is 62.1 Å². The maximum atomic E-state index is 14.3. The molecule has 1 aliphatic carbocycles. The fraction of sp³-hybridized carbons (Fsp3) is 0.469. The minimum absolute atomic E-state index is 0.0267. The van der Waals surface area contributed by atoms with Crippen molar-refractivity contribution in [2.75, 3.05) is 33.8 Å². The van der Waals surface area contributed by atoms with E-state index >= 15 is 0 Å². The number of hydrogen-bond donors (Lipinski definition) is 2. The molecule has 0 radical (unpaired) electrons. The van der Waals surface area contributed by atoms with Crippen LogP contribution in [-0.2, 0) is 20.8 Å². The number of carbonyl (C=O) groups excluding carboxylic acids is 5. The Balaban J connectivity index is 1.49. The van der Waals surface area contributed by atoms with Crippen LogP contribution >= 0.6 is 0 Å². The number of fused-ring (bicyclic) bond motifs is 2. The van der Waals surface area contributed by atoms with Crippen molar-refractivity contribution >= 4 is 29.5 Å². The normalized spacial score (nSPS) is 21.4. The summed E-state index contributed by atoms with van der Waals surface area (Å²) in [5.74, 6) is -1.46. The molecule has 0 bridgehead atoms. The summed E-state index contributed by atoms with van der Waals surface area (Å²) in [7, 11) is 3.18. The maximum absolute atomic E-state index is 14.3. The van der Waals surface area contributed by atoms with E-state index in [0.717, 1.165) is 24.0 Å². The largest absolute Gasteiger partial charge is 0.493 e. The molecule has 3 aliphatic rings. The molecule has 5 rings (SSSR count). The van der Waals surface area contributed by atoms with Gasteiger partial charge in [-0.2, -0.15) is 0 Å². The highest BCUT2D eigenvalue weighted by molar-refractivity contribution is 6.21. The molecule has 0 spiro atoms. The summed E-state index contributed by atoms with van der Waals surface area (Å²) >= 11 is 0. The van der Waals surface area contributed by atoms with Crippen molar-refractivity contribution in [3.8, 4) is 5.75 Å². The smallest absolute Gasteiger partial charge is 0.261 e. The summed E-state index contributed by atoms with van der Waals surface area (Å²) < 4.78 is 6.19. The van der Waals surface area contributed by atoms with E-state index in [1.54, 1.807) is 43.3 Å². The molecule has 2 aromatic carbocycles. The first kappa shape index (κ1) is 29.3. The van der Waals surface area contributed by atoms with Gasteiger partial charge in [-0.05, 0) is 49.4 Å². The molecule has 2 aliphatic heterocycles. The molecule has 2 aromatic rings. The minimum atomic E-state index is -0.647. The van der Waals surface area contributed by atoms with Gasteiger partial charge in [-0.1, -0.05) is 37.1 Å². The molecule has 1 fully saturated rings. The molecule has 10 nitrogen and oxygen atoms in total. The van der Waals surface area contributed by atoms with Crippen molar-refractivity contribution in [3.05, 3.63) is 64.7 Å². The van der Waals surface area contributed by atoms with Crippen LogP contribution in [0.2, 0.25) is 0 Å². The van der Waals surface area contributed by atoms with Gasteiger partial charge >= 0.3 is 0 Å². The number of imide groups is 1. The fourth-order valence-corrected chi connectivity index (χ4v) is 6.57. The lowest BCUT2D eigenvalue weighted by Crippen LogP contribution is -2.51. The standard InChI is InChI=1S/C32H38N4O6/c1-33-27(37)15-8-18-42-26-14-7-9-20-16-17-35(30(39)22-11-4-3-10-21(22)29(38)34-2)25(28(20)26)19-36-31(40)23-12-5-6-13-24(23)32(36)41/h5-7,9,12-14,21-22,25H,3-4,8,10-11,15-19H2,1-2H3,(H,33,37)(H,34,38)/t21-,22?,25-/m1/s1. The van der Waals surface area contributed by atoms with Crippen molar-refractivity contribution in [1.29, 1.82) is 0 Å². The maximum Gasteiger partial charge on any atom is 0.261 e. The van der Waals surface area contributed by atoms with Crippen LogP contribution in [0.25, 0.3) is 0 Å². The molecule has 3 atom stereocenters. The third-order valence-corrected chi connectivity index (χ3v) is 8.76. The predicted octanol–water partition coefficient (Wildman–Crippen LogP) is 2.87. The Morgan fingerprint density at radius 3 is 2.26 bits per heavy atom. The van der Waals surface area contributed by atoms with Crippen LogP contribution in [0.15, 0.2) is 42.5 Å². The number of benzene rings is 2. The summed E-state index contributed by atoms with van der Waals surface area (Å²) in [5.41, 5.74) is 2.45. The van der Waals surface area contributed by atoms with Crippen LogP contribution < -0.4 is 15.4 Å². The molecule has 222 valence electrons. The Kier molecular flexibility index (Phi) is 8.89. The van der Waals surface area contributed by atoms with Crippen LogP contribution in [0.3, 0.4) is 0 Å². The summed E-state index contributed by atoms with van der Waals surface area (Å²) in [6.07, 6.45) is 4.39. The molecular weight excluding hydrogens is 536 g/mol. The third-order valence-electron chi connectivity index (χ3n) is 8.76. The molecule has 2 N–H and O–H groups in total. The lowest BCUT2D eigenvalue weighted by molar-refractivity contribution is -0.146. The summed E-state index contributed by atoms with van der Waals surface area (Å²) in [6.45, 7) is 0.663. The molecule has 0 saturated heterocycles. The number of amides is 5. The Hall–Kier alpha value is -4.21. The predicted molar refractivity (Wildman–Crippen MR) is 155 cm³/mol. The first-order chi connectivity index (χ1) is 20.3. The zero-order chi connectivity index (χ0) is 29.8. The van der Waals surface area contributed by atoms with E-state index < -0.39 is 17.9 Å². The molecule has 2 heterocycles. The van der Waals surface area contributed by atoms with Gasteiger partial charge in [0, 0.05) is 44.5 Å². The third kappa shape index (κ3) is 5.62. The van der Waals surface area contributed by atoms with Gasteiger partial charge < -0.3 is 20.3 Å². The average Bonchev–Trinajstić information content (AvgIpc) is 3.27. The molecule has 1 unspecified atom stereocenters. The summed E-state index contributed by atoms with van der Waals surface area (Å²) in [4.78, 5) is 68.6. The van der Waals surface area contributed by atoms with Crippen molar-refractivity contribution < 1.29 is 28.7 Å². The highest BCUT2D eigenvalue weighted by Gasteiger charge is 2.44. The van der Waals surface area contributed by atoms with Gasteiger partial charge in [-0.3, -0.25) is 28.9 Å². The lowest BCUT2D eigenvalue weighted by atomic mass is 9.77. The van der Waals surface area contributed by atoms with E-state index in [-0.39, 0.29) is 36.1 Å². The van der Waals surface area contributed by atoms with Gasteiger partial charge in [-0.25, -0.2) is 0 Å². The highest BCUT2D eigenvalue weighted by atomic mass is 16.5. The number of nitrogens with zero attached hydrogens (tertiary/aromatic N) is 2. The van der Waals surface area contributed by atoms with Gasteiger partial charge in [0.1, 0.15) is 5.75 Å². The summed E-state index contributed by atoms with van der Waals surface area (Å²) in [5, 5.41) is 5.33. The molecule has 5 amide bonds. The van der Waals surface area contributed by atoms with E-state index in [1.165, 1.54) is 4.90 Å². The van der Waals surface area contributed by atoms with Gasteiger partial charge in [0.2, 0.25) is 17.7 Å². The quantitative estimate of drug-likeness (QED) is 0.351. The number of hydrogen-bond acceptors (Lipinski definition) is 6. The van der Waals surface area contributed by atoms with Crippen molar-refractivity contribution in [1.82, 2.24) is 20.4 Å². The number of nitrogens with one attached hydrogen (secondary N) is 2. The van der Waals surface area contributed by atoms with Gasteiger partial charge in [0.15, 0.2) is 0 Å². The Labute approximate surface area is 245 Å². The number of ether oxygens (including phenoxy) is 1. The second kappa shape index (κ2) is 12.8. The molecule has 10 heteroatoms. The topological polar surface area (TPSA) is 125 Å². The van der Waals surface area contributed by atoms with Gasteiger partial charge in [0.25, 0.3) is 11.8 Å². The Morgan fingerprint density at radius 2 is 1.60 bits per heavy atom. The molecule has 0 aromatic heterocycles. The zero-order valence-electron chi connectivity index (χ0n) is 24.2. The van der Waals surface area contributed by atoms with Crippen LogP contribution in [0.4, 0.5) is 0 Å². The van der Waals surface area contributed by atoms with Crippen molar-refractivity contribution in [2.45, 2.75) is 51.0 Å². The second-order valence-electron chi connectivity index (χ2n) is 11.1. The van der Waals surface area contributed by atoms with Gasteiger partial charge in [0.05, 0.1) is 30.3 Å². The Bertz CT molecular complexity index is 1360. The van der Waals surface area contributed by atoms with Crippen LogP contribution in [0.1, 0.15) is 76.4 Å². The second-order valence-corrected chi connectivity index (χ2v) is 11.1. The monoisotopic (exact) mass is 574 g/mol. The fourth-order valence-electron chi connectivity index (χ4n) is 6.57. The molecule has 1 saturated carbocycles. The van der Waals surface area contributed by atoms with E-state index in [4.69, 9.17) is 4.74 Å². The summed E-state index contributed by atoms with van der Waals surface area (Å²) in [6, 6.07) is 11.8.